The van der Waals surface area contributed by atoms with Crippen LogP contribution in [0.25, 0.3) is 11.1 Å². The molecule has 4 rings (SSSR count). The van der Waals surface area contributed by atoms with Gasteiger partial charge < -0.3 is 24.9 Å². The molecule has 0 saturated carbocycles. The number of ether oxygens (including phenoxy) is 1. The molecule has 37 heavy (non-hydrogen) atoms. The minimum atomic E-state index is -5.08. The van der Waals surface area contributed by atoms with E-state index in [9.17, 15) is 35.5 Å². The van der Waals surface area contributed by atoms with E-state index in [0.29, 0.717) is 22.5 Å². The van der Waals surface area contributed by atoms with Crippen LogP contribution in [-0.2, 0) is 4.79 Å². The molecule has 0 radical (unpaired) electrons. The molecule has 0 amide bonds. The maximum atomic E-state index is 14.1. The molecule has 0 unspecified atom stereocenters. The van der Waals surface area contributed by atoms with E-state index in [2.05, 4.69) is 30.3 Å². The van der Waals surface area contributed by atoms with Crippen LogP contribution in [0.15, 0.2) is 57.9 Å². The number of hydrogen-bond acceptors (Lipinski definition) is 8. The van der Waals surface area contributed by atoms with Gasteiger partial charge in [0.15, 0.2) is 17.2 Å². The smallest absolute Gasteiger partial charge is 0.475 e. The molecule has 196 valence electrons. The number of alkyl halides is 6. The van der Waals surface area contributed by atoms with Crippen LogP contribution >= 0.6 is 0 Å². The Labute approximate surface area is 199 Å². The standard InChI is InChI=1S/C18H11F4N5O3.C2HF3O2/c19-12-8-23-16(25-9-1-4-11(5-2-9)30-18(20,21)22)27-15(12)24-10-3-6-14-13(7-10)26-17(28)29-14;3-2(4,5)1(6)7/h1-8H,(H,26,28)(H2,23,24,25,27);(H,6,7). The summed E-state index contributed by atoms with van der Waals surface area (Å²) in [6.45, 7) is 0. The topological polar surface area (TPSA) is 142 Å². The largest absolute Gasteiger partial charge is 0.573 e. The zero-order chi connectivity index (χ0) is 27.4. The Morgan fingerprint density at radius 1 is 1.00 bits per heavy atom. The van der Waals surface area contributed by atoms with Crippen molar-refractivity contribution >= 4 is 40.2 Å². The van der Waals surface area contributed by atoms with Crippen molar-refractivity contribution in [2.24, 2.45) is 0 Å². The number of benzene rings is 2. The molecule has 0 saturated heterocycles. The number of anilines is 4. The van der Waals surface area contributed by atoms with Crippen LogP contribution in [0.1, 0.15) is 0 Å². The van der Waals surface area contributed by atoms with Crippen molar-refractivity contribution in [2.75, 3.05) is 10.6 Å². The number of H-pyrrole nitrogens is 1. The third-order valence-electron chi connectivity index (χ3n) is 4.01. The molecule has 4 N–H and O–H groups in total. The maximum Gasteiger partial charge on any atom is 0.573 e. The number of carbonyl (C=O) groups is 1. The number of aliphatic carboxylic acids is 1. The second kappa shape index (κ2) is 10.4. The summed E-state index contributed by atoms with van der Waals surface area (Å²) in [5.74, 6) is -4.66. The molecule has 2 aromatic heterocycles. The number of aromatic amines is 1. The van der Waals surface area contributed by atoms with Gasteiger partial charge in [-0.15, -0.1) is 13.2 Å². The highest BCUT2D eigenvalue weighted by atomic mass is 19.4. The summed E-state index contributed by atoms with van der Waals surface area (Å²) in [7, 11) is 0. The molecule has 0 aliphatic heterocycles. The molecule has 10 nitrogen and oxygen atoms in total. The number of oxazole rings is 1. The van der Waals surface area contributed by atoms with E-state index < -0.39 is 30.1 Å². The average Bonchev–Trinajstić information content (AvgIpc) is 3.15. The summed E-state index contributed by atoms with van der Waals surface area (Å²) in [6, 6.07) is 9.49. The van der Waals surface area contributed by atoms with Gasteiger partial charge in [0.2, 0.25) is 5.95 Å². The molecule has 0 aliphatic rings. The Kier molecular flexibility index (Phi) is 7.54. The zero-order valence-corrected chi connectivity index (χ0v) is 17.7. The minimum absolute atomic E-state index is 0.00110. The fourth-order valence-corrected chi connectivity index (χ4v) is 2.55. The number of halogens is 7. The number of hydrogen-bond donors (Lipinski definition) is 4. The summed E-state index contributed by atoms with van der Waals surface area (Å²) >= 11 is 0. The second-order valence-electron chi connectivity index (χ2n) is 6.74. The van der Waals surface area contributed by atoms with E-state index in [-0.39, 0.29) is 17.5 Å². The lowest BCUT2D eigenvalue weighted by molar-refractivity contribution is -0.274. The second-order valence-corrected chi connectivity index (χ2v) is 6.74. The normalized spacial score (nSPS) is 11.4. The van der Waals surface area contributed by atoms with Crippen molar-refractivity contribution in [3.8, 4) is 5.75 Å². The van der Waals surface area contributed by atoms with Crippen molar-refractivity contribution in [2.45, 2.75) is 12.5 Å². The molecular formula is C20H12F7N5O5. The lowest BCUT2D eigenvalue weighted by atomic mass is 10.3. The van der Waals surface area contributed by atoms with Gasteiger partial charge in [-0.1, -0.05) is 0 Å². The van der Waals surface area contributed by atoms with Gasteiger partial charge in [0.05, 0.1) is 11.7 Å². The van der Waals surface area contributed by atoms with Gasteiger partial charge in [-0.3, -0.25) is 4.98 Å². The molecule has 0 spiro atoms. The first kappa shape index (κ1) is 26.8. The SMILES string of the molecule is O=C(O)C(F)(F)F.O=c1[nH]c2cc(Nc3nc(Nc4ccc(OC(F)(F)F)cc4)ncc3F)ccc2o1. The highest BCUT2D eigenvalue weighted by Gasteiger charge is 2.38. The first-order valence-electron chi connectivity index (χ1n) is 9.55. The number of carboxylic acid groups (broad SMARTS) is 1. The Bertz CT molecular complexity index is 1450. The fraction of sp³-hybridized carbons (Fsp3) is 0.100. The van der Waals surface area contributed by atoms with Crippen LogP contribution in [0.3, 0.4) is 0 Å². The number of rotatable bonds is 5. The van der Waals surface area contributed by atoms with Crippen LogP contribution in [0, 0.1) is 5.82 Å². The van der Waals surface area contributed by atoms with Gasteiger partial charge in [0, 0.05) is 11.4 Å². The lowest BCUT2D eigenvalue weighted by Crippen LogP contribution is -2.21. The van der Waals surface area contributed by atoms with E-state index in [1.807, 2.05) is 0 Å². The molecule has 0 aliphatic carbocycles. The first-order chi connectivity index (χ1) is 17.2. The summed E-state index contributed by atoms with van der Waals surface area (Å²) in [4.78, 5) is 30.4. The molecule has 2 aromatic carbocycles. The van der Waals surface area contributed by atoms with E-state index >= 15 is 0 Å². The van der Waals surface area contributed by atoms with Crippen molar-refractivity contribution in [3.63, 3.8) is 0 Å². The lowest BCUT2D eigenvalue weighted by Gasteiger charge is -2.11. The molecule has 17 heteroatoms. The van der Waals surface area contributed by atoms with E-state index in [1.165, 1.54) is 24.3 Å². The van der Waals surface area contributed by atoms with Gasteiger partial charge >= 0.3 is 24.3 Å². The van der Waals surface area contributed by atoms with Crippen LogP contribution in [0.2, 0.25) is 0 Å². The Morgan fingerprint density at radius 3 is 2.22 bits per heavy atom. The highest BCUT2D eigenvalue weighted by molar-refractivity contribution is 5.78. The third-order valence-corrected chi connectivity index (χ3v) is 4.01. The van der Waals surface area contributed by atoms with Crippen molar-refractivity contribution < 1.29 is 49.8 Å². The number of fused-ring (bicyclic) bond motifs is 1. The van der Waals surface area contributed by atoms with Crippen LogP contribution in [-0.4, -0.2) is 38.6 Å². The number of nitrogens with one attached hydrogen (secondary N) is 3. The molecule has 2 heterocycles. The van der Waals surface area contributed by atoms with Gasteiger partial charge in [-0.25, -0.2) is 19.0 Å². The minimum Gasteiger partial charge on any atom is -0.475 e. The molecule has 0 bridgehead atoms. The van der Waals surface area contributed by atoms with Gasteiger partial charge in [0.1, 0.15) is 5.75 Å². The molecule has 0 fully saturated rings. The van der Waals surface area contributed by atoms with Crippen LogP contribution in [0.5, 0.6) is 5.75 Å². The Balaban J connectivity index is 0.000000479. The van der Waals surface area contributed by atoms with Gasteiger partial charge in [0.25, 0.3) is 0 Å². The van der Waals surface area contributed by atoms with Crippen molar-refractivity contribution in [3.05, 3.63) is 65.0 Å². The quantitative estimate of drug-likeness (QED) is 0.258. The number of aromatic nitrogens is 3. The van der Waals surface area contributed by atoms with E-state index in [1.54, 1.807) is 6.07 Å². The summed E-state index contributed by atoms with van der Waals surface area (Å²) in [6.07, 6.45) is -8.95. The Morgan fingerprint density at radius 2 is 1.62 bits per heavy atom. The molecular weight excluding hydrogens is 523 g/mol. The van der Waals surface area contributed by atoms with Crippen LogP contribution < -0.4 is 21.1 Å². The van der Waals surface area contributed by atoms with E-state index in [0.717, 1.165) is 18.3 Å². The van der Waals surface area contributed by atoms with Crippen molar-refractivity contribution in [1.29, 1.82) is 0 Å². The van der Waals surface area contributed by atoms with Gasteiger partial charge in [-0.2, -0.15) is 18.2 Å². The first-order valence-corrected chi connectivity index (χ1v) is 9.55. The third kappa shape index (κ3) is 7.84. The molecule has 4 aromatic rings. The average molecular weight is 535 g/mol. The van der Waals surface area contributed by atoms with Gasteiger partial charge in [-0.05, 0) is 42.5 Å². The van der Waals surface area contributed by atoms with Crippen LogP contribution in [0.4, 0.5) is 53.9 Å². The summed E-state index contributed by atoms with van der Waals surface area (Å²) in [5, 5.41) is 12.6. The number of carboxylic acids is 1. The highest BCUT2D eigenvalue weighted by Crippen LogP contribution is 2.26. The Hall–Kier alpha value is -4.83. The summed E-state index contributed by atoms with van der Waals surface area (Å²) < 4.78 is 91.2. The summed E-state index contributed by atoms with van der Waals surface area (Å²) in [5.41, 5.74) is 1.55. The maximum absolute atomic E-state index is 14.1. The monoisotopic (exact) mass is 535 g/mol. The number of nitrogens with zero attached hydrogens (tertiary/aromatic N) is 2. The predicted octanol–water partition coefficient (Wildman–Crippen LogP) is 5.07. The van der Waals surface area contributed by atoms with E-state index in [4.69, 9.17) is 14.3 Å². The van der Waals surface area contributed by atoms with Crippen molar-refractivity contribution in [1.82, 2.24) is 15.0 Å². The zero-order valence-electron chi connectivity index (χ0n) is 17.7. The fourth-order valence-electron chi connectivity index (χ4n) is 2.55. The molecule has 0 atom stereocenters. The predicted molar refractivity (Wildman–Crippen MR) is 112 cm³/mol.